The first kappa shape index (κ1) is 20.6. The van der Waals surface area contributed by atoms with Crippen LogP contribution in [0.15, 0.2) is 47.1 Å². The molecule has 9 heteroatoms. The number of carbonyl (C=O) groups is 1. The standard InChI is InChI=1S/C20H16ClF2NO5/c1-3-27-17-14(21)8-11(10-16(17)26-2)9-15-19(25)29-18(24-15)12-4-6-13(7-5-12)28-20(22)23/h4-10,20H,3H2,1-2H3/b15-9-. The molecule has 0 saturated heterocycles. The topological polar surface area (TPSA) is 66.3 Å². The lowest BCUT2D eigenvalue weighted by molar-refractivity contribution is -0.129. The van der Waals surface area contributed by atoms with Gasteiger partial charge in [0.2, 0.25) is 5.90 Å². The van der Waals surface area contributed by atoms with Crippen LogP contribution in [0.1, 0.15) is 18.1 Å². The Morgan fingerprint density at radius 2 is 1.97 bits per heavy atom. The second kappa shape index (κ2) is 8.91. The van der Waals surface area contributed by atoms with Crippen LogP contribution in [0.4, 0.5) is 8.78 Å². The minimum absolute atomic E-state index is 0.0134. The summed E-state index contributed by atoms with van der Waals surface area (Å²) in [6.45, 7) is -0.685. The molecule has 29 heavy (non-hydrogen) atoms. The molecule has 0 spiro atoms. The Labute approximate surface area is 170 Å². The average molecular weight is 424 g/mol. The maximum atomic E-state index is 12.2. The normalized spacial score (nSPS) is 14.8. The first-order valence-electron chi connectivity index (χ1n) is 8.49. The van der Waals surface area contributed by atoms with Crippen LogP contribution in [-0.2, 0) is 9.53 Å². The molecule has 0 fully saturated rings. The van der Waals surface area contributed by atoms with Gasteiger partial charge in [0.15, 0.2) is 17.2 Å². The number of halogens is 3. The lowest BCUT2D eigenvalue weighted by atomic mass is 10.1. The summed E-state index contributed by atoms with van der Waals surface area (Å²) in [5.74, 6) is 0.200. The number of benzene rings is 2. The van der Waals surface area contributed by atoms with Gasteiger partial charge in [0, 0.05) is 5.56 Å². The maximum absolute atomic E-state index is 12.2. The predicted molar refractivity (Wildman–Crippen MR) is 103 cm³/mol. The van der Waals surface area contributed by atoms with Crippen LogP contribution < -0.4 is 14.2 Å². The van der Waals surface area contributed by atoms with Gasteiger partial charge in [-0.25, -0.2) is 9.79 Å². The molecule has 0 radical (unpaired) electrons. The first-order valence-corrected chi connectivity index (χ1v) is 8.87. The molecule has 0 aliphatic carbocycles. The van der Waals surface area contributed by atoms with Crippen molar-refractivity contribution in [3.05, 3.63) is 58.2 Å². The molecule has 6 nitrogen and oxygen atoms in total. The number of aliphatic imine (C=N–C) groups is 1. The Balaban J connectivity index is 1.88. The highest BCUT2D eigenvalue weighted by Crippen LogP contribution is 2.37. The molecule has 1 heterocycles. The van der Waals surface area contributed by atoms with E-state index in [1.807, 2.05) is 6.92 Å². The summed E-state index contributed by atoms with van der Waals surface area (Å²) >= 11 is 6.24. The van der Waals surface area contributed by atoms with Crippen molar-refractivity contribution in [3.8, 4) is 17.2 Å². The van der Waals surface area contributed by atoms with E-state index in [2.05, 4.69) is 9.73 Å². The van der Waals surface area contributed by atoms with E-state index in [1.165, 1.54) is 37.5 Å². The number of nitrogens with zero attached hydrogens (tertiary/aromatic N) is 1. The molecule has 0 unspecified atom stereocenters. The van der Waals surface area contributed by atoms with Crippen LogP contribution in [0.5, 0.6) is 17.2 Å². The van der Waals surface area contributed by atoms with Gasteiger partial charge in [-0.3, -0.25) is 0 Å². The summed E-state index contributed by atoms with van der Waals surface area (Å²) in [6.07, 6.45) is 1.49. The van der Waals surface area contributed by atoms with Crippen molar-refractivity contribution in [2.45, 2.75) is 13.5 Å². The fraction of sp³-hybridized carbons (Fsp3) is 0.200. The van der Waals surface area contributed by atoms with Gasteiger partial charge >= 0.3 is 12.6 Å². The zero-order valence-corrected chi connectivity index (χ0v) is 16.2. The van der Waals surface area contributed by atoms with Gasteiger partial charge in [0.05, 0.1) is 18.7 Å². The largest absolute Gasteiger partial charge is 0.493 e. The predicted octanol–water partition coefficient (Wildman–Crippen LogP) is 4.69. The van der Waals surface area contributed by atoms with Crippen molar-refractivity contribution < 1.29 is 32.5 Å². The summed E-state index contributed by atoms with van der Waals surface area (Å²) in [5.41, 5.74) is 1.05. The maximum Gasteiger partial charge on any atom is 0.387 e. The van der Waals surface area contributed by atoms with Crippen molar-refractivity contribution in [2.24, 2.45) is 4.99 Å². The molecule has 0 N–H and O–H groups in total. The van der Waals surface area contributed by atoms with Gasteiger partial charge in [-0.1, -0.05) is 11.6 Å². The lowest BCUT2D eigenvalue weighted by Gasteiger charge is -2.11. The van der Waals surface area contributed by atoms with E-state index >= 15 is 0 Å². The molecule has 152 valence electrons. The zero-order valence-electron chi connectivity index (χ0n) is 15.4. The molecule has 1 aliphatic rings. The summed E-state index contributed by atoms with van der Waals surface area (Å²) in [7, 11) is 1.48. The van der Waals surface area contributed by atoms with Crippen LogP contribution >= 0.6 is 11.6 Å². The molecule has 3 rings (SSSR count). The fourth-order valence-electron chi connectivity index (χ4n) is 2.58. The van der Waals surface area contributed by atoms with Crippen molar-refractivity contribution in [1.82, 2.24) is 0 Å². The van der Waals surface area contributed by atoms with Crippen LogP contribution in [-0.4, -0.2) is 32.2 Å². The molecule has 0 saturated carbocycles. The Morgan fingerprint density at radius 3 is 2.59 bits per heavy atom. The van der Waals surface area contributed by atoms with Crippen molar-refractivity contribution >= 4 is 29.5 Å². The molecule has 0 bridgehead atoms. The highest BCUT2D eigenvalue weighted by Gasteiger charge is 2.24. The van der Waals surface area contributed by atoms with E-state index in [4.69, 9.17) is 25.8 Å². The van der Waals surface area contributed by atoms with Crippen LogP contribution in [0.25, 0.3) is 6.08 Å². The molecular formula is C20H16ClF2NO5. The Hall–Kier alpha value is -3.13. The molecule has 0 aromatic heterocycles. The number of carbonyl (C=O) groups excluding carboxylic acids is 1. The third-order valence-corrected chi connectivity index (χ3v) is 4.07. The second-order valence-corrected chi connectivity index (χ2v) is 6.11. The summed E-state index contributed by atoms with van der Waals surface area (Å²) in [4.78, 5) is 16.3. The van der Waals surface area contributed by atoms with Crippen molar-refractivity contribution in [1.29, 1.82) is 0 Å². The molecular weight excluding hydrogens is 408 g/mol. The summed E-state index contributed by atoms with van der Waals surface area (Å²) in [5, 5.41) is 0.322. The van der Waals surface area contributed by atoms with Gasteiger partial charge in [0.25, 0.3) is 0 Å². The van der Waals surface area contributed by atoms with E-state index in [-0.39, 0.29) is 17.3 Å². The molecule has 0 amide bonds. The number of methoxy groups -OCH3 is 1. The quantitative estimate of drug-likeness (QED) is 0.477. The number of ether oxygens (including phenoxy) is 4. The number of cyclic esters (lactones) is 1. The highest BCUT2D eigenvalue weighted by molar-refractivity contribution is 6.32. The molecule has 2 aromatic carbocycles. The van der Waals surface area contributed by atoms with E-state index in [1.54, 1.807) is 12.1 Å². The summed E-state index contributed by atoms with van der Waals surface area (Å²) in [6, 6.07) is 8.85. The zero-order chi connectivity index (χ0) is 21.0. The van der Waals surface area contributed by atoms with E-state index in [0.717, 1.165) is 0 Å². The van der Waals surface area contributed by atoms with Crippen LogP contribution in [0, 0.1) is 0 Å². The molecule has 2 aromatic rings. The monoisotopic (exact) mass is 423 g/mol. The Morgan fingerprint density at radius 1 is 1.24 bits per heavy atom. The Kier molecular flexibility index (Phi) is 6.33. The number of alkyl halides is 2. The van der Waals surface area contributed by atoms with Crippen LogP contribution in [0.3, 0.4) is 0 Å². The third kappa shape index (κ3) is 4.83. The van der Waals surface area contributed by atoms with Gasteiger partial charge in [-0.2, -0.15) is 8.78 Å². The van der Waals surface area contributed by atoms with Gasteiger partial charge in [-0.15, -0.1) is 0 Å². The van der Waals surface area contributed by atoms with E-state index in [0.29, 0.717) is 34.3 Å². The van der Waals surface area contributed by atoms with Crippen molar-refractivity contribution in [2.75, 3.05) is 13.7 Å². The Bertz CT molecular complexity index is 974. The smallest absolute Gasteiger partial charge is 0.387 e. The van der Waals surface area contributed by atoms with Crippen molar-refractivity contribution in [3.63, 3.8) is 0 Å². The van der Waals surface area contributed by atoms with Crippen LogP contribution in [0.2, 0.25) is 5.02 Å². The van der Waals surface area contributed by atoms with Gasteiger partial charge < -0.3 is 18.9 Å². The third-order valence-electron chi connectivity index (χ3n) is 3.79. The summed E-state index contributed by atoms with van der Waals surface area (Å²) < 4.78 is 44.7. The second-order valence-electron chi connectivity index (χ2n) is 5.71. The first-order chi connectivity index (χ1) is 13.9. The lowest BCUT2D eigenvalue weighted by Crippen LogP contribution is -2.06. The van der Waals surface area contributed by atoms with E-state index in [9.17, 15) is 13.6 Å². The SMILES string of the molecule is CCOc1c(Cl)cc(/C=C2\N=C(c3ccc(OC(F)F)cc3)OC2=O)cc1OC. The minimum atomic E-state index is -2.92. The average Bonchev–Trinajstić information content (AvgIpc) is 3.04. The van der Waals surface area contributed by atoms with Gasteiger partial charge in [-0.05, 0) is 55.0 Å². The number of hydrogen-bond acceptors (Lipinski definition) is 6. The number of hydrogen-bond donors (Lipinski definition) is 0. The van der Waals surface area contributed by atoms with E-state index < -0.39 is 12.6 Å². The molecule has 1 aliphatic heterocycles. The fourth-order valence-corrected chi connectivity index (χ4v) is 2.85. The van der Waals surface area contributed by atoms with Gasteiger partial charge in [0.1, 0.15) is 5.75 Å². The number of rotatable bonds is 7. The number of esters is 1. The minimum Gasteiger partial charge on any atom is -0.493 e. The molecule has 0 atom stereocenters. The highest BCUT2D eigenvalue weighted by atomic mass is 35.5.